The number of hydrogen-bond acceptors (Lipinski definition) is 5. The molecule has 19 heavy (non-hydrogen) atoms. The van der Waals surface area contributed by atoms with Gasteiger partial charge in [-0.1, -0.05) is 0 Å². The highest BCUT2D eigenvalue weighted by Gasteiger charge is 2.13. The lowest BCUT2D eigenvalue weighted by molar-refractivity contribution is -0.384. The molecule has 1 rings (SSSR count). The van der Waals surface area contributed by atoms with Gasteiger partial charge in [0.15, 0.2) is 0 Å². The number of benzene rings is 1. The zero-order valence-corrected chi connectivity index (χ0v) is 11.5. The SMILES string of the molecule is CCNc1cc(COC(C)COC)ccc1[N+](=O)[O-]. The van der Waals surface area contributed by atoms with Gasteiger partial charge in [0.2, 0.25) is 0 Å². The minimum absolute atomic E-state index is 0.0113. The first-order chi connectivity index (χ1) is 9.08. The number of ether oxygens (including phenoxy) is 2. The summed E-state index contributed by atoms with van der Waals surface area (Å²) < 4.78 is 10.6. The van der Waals surface area contributed by atoms with E-state index in [1.165, 1.54) is 6.07 Å². The van der Waals surface area contributed by atoms with Gasteiger partial charge in [-0.05, 0) is 31.5 Å². The van der Waals surface area contributed by atoms with E-state index in [4.69, 9.17) is 9.47 Å². The second kappa shape index (κ2) is 7.70. The molecule has 0 radical (unpaired) electrons. The van der Waals surface area contributed by atoms with Crippen molar-refractivity contribution in [1.29, 1.82) is 0 Å². The van der Waals surface area contributed by atoms with Gasteiger partial charge < -0.3 is 14.8 Å². The largest absolute Gasteiger partial charge is 0.382 e. The standard InChI is InChI=1S/C13H20N2O4/c1-4-14-12-7-11(5-6-13(12)15(16)17)9-19-10(2)8-18-3/h5-7,10,14H,4,8-9H2,1-3H3. The molecule has 0 amide bonds. The molecule has 0 aliphatic rings. The molecule has 0 aliphatic carbocycles. The maximum atomic E-state index is 10.9. The molecule has 6 heteroatoms. The monoisotopic (exact) mass is 268 g/mol. The highest BCUT2D eigenvalue weighted by Crippen LogP contribution is 2.25. The third-order valence-electron chi connectivity index (χ3n) is 2.56. The van der Waals surface area contributed by atoms with Crippen LogP contribution in [0.4, 0.5) is 11.4 Å². The van der Waals surface area contributed by atoms with Crippen LogP contribution in [0, 0.1) is 10.1 Å². The van der Waals surface area contributed by atoms with Crippen molar-refractivity contribution in [2.24, 2.45) is 0 Å². The maximum absolute atomic E-state index is 10.9. The van der Waals surface area contributed by atoms with E-state index in [-0.39, 0.29) is 11.8 Å². The fraction of sp³-hybridized carbons (Fsp3) is 0.538. The maximum Gasteiger partial charge on any atom is 0.292 e. The summed E-state index contributed by atoms with van der Waals surface area (Å²) in [7, 11) is 1.62. The smallest absolute Gasteiger partial charge is 0.292 e. The van der Waals surface area contributed by atoms with E-state index in [0.29, 0.717) is 25.4 Å². The van der Waals surface area contributed by atoms with Crippen LogP contribution >= 0.6 is 0 Å². The van der Waals surface area contributed by atoms with E-state index >= 15 is 0 Å². The van der Waals surface area contributed by atoms with Crippen LogP contribution < -0.4 is 5.32 Å². The Morgan fingerprint density at radius 2 is 2.21 bits per heavy atom. The summed E-state index contributed by atoms with van der Waals surface area (Å²) in [5.74, 6) is 0. The van der Waals surface area contributed by atoms with Crippen molar-refractivity contribution < 1.29 is 14.4 Å². The second-order valence-electron chi connectivity index (χ2n) is 4.22. The zero-order chi connectivity index (χ0) is 14.3. The third kappa shape index (κ3) is 4.84. The van der Waals surface area contributed by atoms with Crippen molar-refractivity contribution in [3.8, 4) is 0 Å². The molecule has 0 aromatic heterocycles. The summed E-state index contributed by atoms with van der Waals surface area (Å²) in [4.78, 5) is 10.5. The lowest BCUT2D eigenvalue weighted by Gasteiger charge is -2.13. The molecule has 6 nitrogen and oxygen atoms in total. The van der Waals surface area contributed by atoms with Gasteiger partial charge in [0.25, 0.3) is 5.69 Å². The number of nitro benzene ring substituents is 1. The van der Waals surface area contributed by atoms with Crippen molar-refractivity contribution >= 4 is 11.4 Å². The lowest BCUT2D eigenvalue weighted by Crippen LogP contribution is -2.14. The van der Waals surface area contributed by atoms with Gasteiger partial charge in [-0.2, -0.15) is 0 Å². The Hall–Kier alpha value is -1.66. The molecule has 1 aromatic rings. The molecule has 0 spiro atoms. The minimum Gasteiger partial charge on any atom is -0.382 e. The predicted molar refractivity (Wildman–Crippen MR) is 73.4 cm³/mol. The highest BCUT2D eigenvalue weighted by molar-refractivity contribution is 5.62. The fourth-order valence-electron chi connectivity index (χ4n) is 1.69. The van der Waals surface area contributed by atoms with Crippen LogP contribution in [0.3, 0.4) is 0 Å². The van der Waals surface area contributed by atoms with Gasteiger partial charge >= 0.3 is 0 Å². The van der Waals surface area contributed by atoms with E-state index < -0.39 is 4.92 Å². The topological polar surface area (TPSA) is 73.6 Å². The number of anilines is 1. The molecular weight excluding hydrogens is 248 g/mol. The number of hydrogen-bond donors (Lipinski definition) is 1. The normalized spacial score (nSPS) is 12.2. The molecule has 1 aromatic carbocycles. The van der Waals surface area contributed by atoms with Gasteiger partial charge in [-0.15, -0.1) is 0 Å². The summed E-state index contributed by atoms with van der Waals surface area (Å²) in [5, 5.41) is 13.9. The van der Waals surface area contributed by atoms with Crippen molar-refractivity contribution in [3.05, 3.63) is 33.9 Å². The number of rotatable bonds is 8. The molecule has 1 N–H and O–H groups in total. The Kier molecular flexibility index (Phi) is 6.24. The molecule has 0 aliphatic heterocycles. The van der Waals surface area contributed by atoms with Crippen LogP contribution in [0.2, 0.25) is 0 Å². The molecular formula is C13H20N2O4. The third-order valence-corrected chi connectivity index (χ3v) is 2.56. The van der Waals surface area contributed by atoms with Gasteiger partial charge in [0.05, 0.1) is 24.2 Å². The number of nitrogens with zero attached hydrogens (tertiary/aromatic N) is 1. The molecule has 1 unspecified atom stereocenters. The Morgan fingerprint density at radius 3 is 2.79 bits per heavy atom. The summed E-state index contributed by atoms with van der Waals surface area (Å²) in [5.41, 5.74) is 1.49. The van der Waals surface area contributed by atoms with Gasteiger partial charge in [0.1, 0.15) is 5.69 Å². The van der Waals surface area contributed by atoms with Crippen molar-refractivity contribution in [2.75, 3.05) is 25.6 Å². The van der Waals surface area contributed by atoms with E-state index in [9.17, 15) is 10.1 Å². The lowest BCUT2D eigenvalue weighted by atomic mass is 10.2. The number of nitrogens with one attached hydrogen (secondary N) is 1. The zero-order valence-electron chi connectivity index (χ0n) is 11.5. The number of nitro groups is 1. The molecule has 106 valence electrons. The van der Waals surface area contributed by atoms with Crippen molar-refractivity contribution in [3.63, 3.8) is 0 Å². The summed E-state index contributed by atoms with van der Waals surface area (Å²) in [6.07, 6.45) is -0.0113. The predicted octanol–water partition coefficient (Wildman–Crippen LogP) is 2.58. The Balaban J connectivity index is 2.75. The van der Waals surface area contributed by atoms with Crippen LogP contribution in [-0.2, 0) is 16.1 Å². The summed E-state index contributed by atoms with van der Waals surface area (Å²) >= 11 is 0. The van der Waals surface area contributed by atoms with Crippen LogP contribution in [-0.4, -0.2) is 31.3 Å². The van der Waals surface area contributed by atoms with Crippen LogP contribution in [0.1, 0.15) is 19.4 Å². The summed E-state index contributed by atoms with van der Waals surface area (Å²) in [6.45, 7) is 5.37. The Labute approximate surface area is 112 Å². The Bertz CT molecular complexity index is 423. The fourth-order valence-corrected chi connectivity index (χ4v) is 1.69. The van der Waals surface area contributed by atoms with E-state index in [1.54, 1.807) is 19.2 Å². The molecule has 0 saturated heterocycles. The highest BCUT2D eigenvalue weighted by atomic mass is 16.6. The second-order valence-corrected chi connectivity index (χ2v) is 4.22. The van der Waals surface area contributed by atoms with E-state index in [2.05, 4.69) is 5.32 Å². The molecule has 0 fully saturated rings. The average molecular weight is 268 g/mol. The average Bonchev–Trinajstić information content (AvgIpc) is 2.37. The molecule has 1 atom stereocenters. The minimum atomic E-state index is -0.393. The van der Waals surface area contributed by atoms with Crippen LogP contribution in [0.5, 0.6) is 0 Å². The van der Waals surface area contributed by atoms with Crippen molar-refractivity contribution in [1.82, 2.24) is 0 Å². The molecule has 0 saturated carbocycles. The molecule has 0 bridgehead atoms. The van der Waals surface area contributed by atoms with E-state index in [0.717, 1.165) is 5.56 Å². The van der Waals surface area contributed by atoms with Gasteiger partial charge in [-0.25, -0.2) is 0 Å². The number of methoxy groups -OCH3 is 1. The quantitative estimate of drug-likeness (QED) is 0.579. The first-order valence-electron chi connectivity index (χ1n) is 6.20. The van der Waals surface area contributed by atoms with Gasteiger partial charge in [-0.3, -0.25) is 10.1 Å². The van der Waals surface area contributed by atoms with Crippen molar-refractivity contribution in [2.45, 2.75) is 26.6 Å². The van der Waals surface area contributed by atoms with Gasteiger partial charge in [0, 0.05) is 19.7 Å². The van der Waals surface area contributed by atoms with Crippen LogP contribution in [0.25, 0.3) is 0 Å². The van der Waals surface area contributed by atoms with Crippen LogP contribution in [0.15, 0.2) is 18.2 Å². The molecule has 0 heterocycles. The van der Waals surface area contributed by atoms with E-state index in [1.807, 2.05) is 13.8 Å². The first-order valence-corrected chi connectivity index (χ1v) is 6.20. The first kappa shape index (κ1) is 15.4. The summed E-state index contributed by atoms with van der Waals surface area (Å²) in [6, 6.07) is 4.96. The Morgan fingerprint density at radius 1 is 1.47 bits per heavy atom.